The molecule has 2 aliphatic heterocycles. The zero-order valence-corrected chi connectivity index (χ0v) is 22.3. The van der Waals surface area contributed by atoms with Gasteiger partial charge in [0, 0.05) is 23.9 Å². The van der Waals surface area contributed by atoms with Crippen LogP contribution in [0.15, 0.2) is 11.6 Å². The van der Waals surface area contributed by atoms with Crippen molar-refractivity contribution in [1.82, 2.24) is 0 Å². The molecule has 0 aromatic carbocycles. The predicted octanol–water partition coefficient (Wildman–Crippen LogP) is -1.74. The quantitative estimate of drug-likeness (QED) is 0.0729. The normalized spacial score (nSPS) is 29.7. The van der Waals surface area contributed by atoms with Crippen molar-refractivity contribution in [2.24, 2.45) is 11.8 Å². The topological polar surface area (TPSA) is 149 Å². The van der Waals surface area contributed by atoms with Gasteiger partial charge in [-0.25, -0.2) is 4.79 Å². The van der Waals surface area contributed by atoms with E-state index in [0.717, 1.165) is 32.1 Å². The maximum absolute atomic E-state index is 12.0. The Kier molecular flexibility index (Phi) is 15.5. The molecular formula is C26H43LiO9. The standard InChI is InChI=1S/C26H44O9.Li/c1-16(13-23(30)33-11-9-7-5-4-6-8-10-22(28)29)12-20-25(32)24(31)19(15-34-20)14-21-26(35-21)17(2)18(3)27;/h13,17-21,24-27,31-32H,4-12,14-15H2,1-3H3,(H,28,29);/q;+1/p-1. The summed E-state index contributed by atoms with van der Waals surface area (Å²) in [5, 5.41) is 41.2. The molecule has 8 unspecified atom stereocenters. The van der Waals surface area contributed by atoms with Gasteiger partial charge in [-0.3, -0.25) is 0 Å². The van der Waals surface area contributed by atoms with Crippen LogP contribution < -0.4 is 24.0 Å². The van der Waals surface area contributed by atoms with Crippen LogP contribution in [0.1, 0.15) is 78.6 Å². The molecule has 10 heteroatoms. The Morgan fingerprint density at radius 1 is 1.06 bits per heavy atom. The second kappa shape index (κ2) is 16.8. The van der Waals surface area contributed by atoms with Gasteiger partial charge in [0.15, 0.2) is 0 Å². The minimum atomic E-state index is -1.06. The number of ether oxygens (including phenoxy) is 3. The van der Waals surface area contributed by atoms with E-state index in [-0.39, 0.29) is 49.3 Å². The Hall–Kier alpha value is -0.923. The Morgan fingerprint density at radius 3 is 2.33 bits per heavy atom. The molecule has 2 saturated heterocycles. The maximum atomic E-state index is 12.0. The van der Waals surface area contributed by atoms with E-state index in [4.69, 9.17) is 14.2 Å². The molecule has 202 valence electrons. The van der Waals surface area contributed by atoms with Crippen molar-refractivity contribution in [2.45, 2.75) is 115 Å². The number of carbonyl (C=O) groups is 2. The summed E-state index contributed by atoms with van der Waals surface area (Å²) in [5.41, 5.74) is 0.703. The second-order valence-corrected chi connectivity index (χ2v) is 10.2. The van der Waals surface area contributed by atoms with E-state index < -0.39 is 36.4 Å². The number of hydrogen-bond acceptors (Lipinski definition) is 9. The molecule has 0 amide bonds. The van der Waals surface area contributed by atoms with Crippen LogP contribution in [0.5, 0.6) is 0 Å². The van der Waals surface area contributed by atoms with Gasteiger partial charge in [-0.2, -0.15) is 0 Å². The maximum Gasteiger partial charge on any atom is 1.00 e. The molecule has 8 atom stereocenters. The summed E-state index contributed by atoms with van der Waals surface area (Å²) in [6.45, 7) is 6.05. The molecule has 0 spiro atoms. The number of epoxide rings is 1. The van der Waals surface area contributed by atoms with Gasteiger partial charge in [0.05, 0.1) is 43.7 Å². The van der Waals surface area contributed by atoms with Crippen LogP contribution in [-0.4, -0.2) is 77.1 Å². The number of carbonyl (C=O) groups excluding carboxylic acids is 2. The number of hydrogen-bond donors (Lipinski definition) is 3. The molecular weight excluding hydrogens is 463 g/mol. The van der Waals surface area contributed by atoms with E-state index in [1.807, 2.05) is 6.92 Å². The third-order valence-corrected chi connectivity index (χ3v) is 7.08. The van der Waals surface area contributed by atoms with Gasteiger partial charge in [0.2, 0.25) is 0 Å². The molecule has 0 aromatic rings. The third-order valence-electron chi connectivity index (χ3n) is 7.08. The van der Waals surface area contributed by atoms with Crippen LogP contribution in [0, 0.1) is 11.8 Å². The summed E-state index contributed by atoms with van der Waals surface area (Å²) in [6.07, 6.45) is 4.29. The molecule has 2 heterocycles. The van der Waals surface area contributed by atoms with E-state index >= 15 is 0 Å². The number of unbranched alkanes of at least 4 members (excludes halogenated alkanes) is 5. The minimum Gasteiger partial charge on any atom is -0.550 e. The molecule has 3 N–H and O–H groups in total. The smallest absolute Gasteiger partial charge is 0.550 e. The third kappa shape index (κ3) is 11.6. The van der Waals surface area contributed by atoms with Crippen LogP contribution in [-0.2, 0) is 23.8 Å². The predicted molar refractivity (Wildman–Crippen MR) is 126 cm³/mol. The van der Waals surface area contributed by atoms with Gasteiger partial charge in [-0.1, -0.05) is 38.2 Å². The summed E-state index contributed by atoms with van der Waals surface area (Å²) >= 11 is 0. The van der Waals surface area contributed by atoms with E-state index in [2.05, 4.69) is 0 Å². The first-order chi connectivity index (χ1) is 16.6. The first-order valence-corrected chi connectivity index (χ1v) is 12.9. The van der Waals surface area contributed by atoms with Crippen molar-refractivity contribution in [1.29, 1.82) is 0 Å². The van der Waals surface area contributed by atoms with Gasteiger partial charge in [0.1, 0.15) is 6.10 Å². The van der Waals surface area contributed by atoms with Crippen molar-refractivity contribution in [2.75, 3.05) is 13.2 Å². The minimum absolute atomic E-state index is 0. The number of esters is 1. The number of aliphatic hydroxyl groups is 3. The van der Waals surface area contributed by atoms with Crippen LogP contribution in [0.3, 0.4) is 0 Å². The zero-order valence-electron chi connectivity index (χ0n) is 22.3. The fraction of sp³-hybridized carbons (Fsp3) is 0.846. The molecule has 0 saturated carbocycles. The van der Waals surface area contributed by atoms with E-state index in [0.29, 0.717) is 38.0 Å². The van der Waals surface area contributed by atoms with Crippen LogP contribution in [0.2, 0.25) is 0 Å². The average molecular weight is 507 g/mol. The SMILES string of the molecule is CC(=CC(=O)OCCCCCCCCC(=O)[O-])CC1OCC(CC2OC2C(C)C(C)O)C(O)C1O.[Li+]. The second-order valence-electron chi connectivity index (χ2n) is 10.2. The molecule has 2 fully saturated rings. The first kappa shape index (κ1) is 33.1. The number of aliphatic carboxylic acids is 1. The van der Waals surface area contributed by atoms with Gasteiger partial charge in [-0.05, 0) is 46.0 Å². The molecule has 0 radical (unpaired) electrons. The fourth-order valence-electron chi connectivity index (χ4n) is 4.58. The fourth-order valence-corrected chi connectivity index (χ4v) is 4.58. The number of carboxylic acids is 1. The summed E-state index contributed by atoms with van der Waals surface area (Å²) in [5.74, 6) is -1.68. The summed E-state index contributed by atoms with van der Waals surface area (Å²) < 4.78 is 16.7. The molecule has 2 rings (SSSR count). The Labute approximate surface area is 226 Å². The van der Waals surface area contributed by atoms with Gasteiger partial charge in [0.25, 0.3) is 0 Å². The first-order valence-electron chi connectivity index (χ1n) is 12.9. The summed E-state index contributed by atoms with van der Waals surface area (Å²) in [4.78, 5) is 22.4. The largest absolute Gasteiger partial charge is 1.00 e. The summed E-state index contributed by atoms with van der Waals surface area (Å²) in [6, 6.07) is 0. The van der Waals surface area contributed by atoms with E-state index in [9.17, 15) is 30.0 Å². The van der Waals surface area contributed by atoms with Crippen molar-refractivity contribution in [3.63, 3.8) is 0 Å². The van der Waals surface area contributed by atoms with Crippen LogP contribution in [0.4, 0.5) is 0 Å². The Balaban J connectivity index is 0.00000648. The van der Waals surface area contributed by atoms with Crippen LogP contribution >= 0.6 is 0 Å². The molecule has 2 aliphatic rings. The Morgan fingerprint density at radius 2 is 1.69 bits per heavy atom. The monoisotopic (exact) mass is 506 g/mol. The summed E-state index contributed by atoms with van der Waals surface area (Å²) in [7, 11) is 0. The molecule has 0 bridgehead atoms. The van der Waals surface area contributed by atoms with Gasteiger partial charge < -0.3 is 39.4 Å². The molecule has 36 heavy (non-hydrogen) atoms. The van der Waals surface area contributed by atoms with E-state index in [1.165, 1.54) is 6.08 Å². The number of aliphatic hydroxyl groups excluding tert-OH is 3. The van der Waals surface area contributed by atoms with Crippen molar-refractivity contribution in [3.8, 4) is 0 Å². The number of rotatable bonds is 16. The van der Waals surface area contributed by atoms with Crippen LogP contribution in [0.25, 0.3) is 0 Å². The van der Waals surface area contributed by atoms with Gasteiger partial charge >= 0.3 is 24.8 Å². The average Bonchev–Trinajstić information content (AvgIpc) is 3.55. The molecule has 0 aromatic heterocycles. The van der Waals surface area contributed by atoms with E-state index in [1.54, 1.807) is 13.8 Å². The molecule has 0 aliphatic carbocycles. The van der Waals surface area contributed by atoms with Crippen molar-refractivity contribution in [3.05, 3.63) is 11.6 Å². The number of carboxylic acid groups (broad SMARTS) is 1. The zero-order chi connectivity index (χ0) is 26.0. The molecule has 9 nitrogen and oxygen atoms in total. The van der Waals surface area contributed by atoms with Crippen molar-refractivity contribution < 1.29 is 63.1 Å². The van der Waals surface area contributed by atoms with Gasteiger partial charge in [-0.15, -0.1) is 0 Å². The Bertz CT molecular complexity index is 699. The van der Waals surface area contributed by atoms with Crippen molar-refractivity contribution >= 4 is 11.9 Å².